The summed E-state index contributed by atoms with van der Waals surface area (Å²) >= 11 is 0. The number of nitro groups is 1. The smallest absolute Gasteiger partial charge is 0.412 e. The van der Waals surface area contributed by atoms with Crippen molar-refractivity contribution in [2.45, 2.75) is 0 Å². The molecule has 0 aromatic carbocycles. The number of carbonyl (C=O) groups excluding carboxylic acids is 2. The van der Waals surface area contributed by atoms with Gasteiger partial charge in [0, 0.05) is 0 Å². The van der Waals surface area contributed by atoms with Crippen LogP contribution in [0.15, 0.2) is 0 Å². The molecule has 0 rings (SSSR count). The summed E-state index contributed by atoms with van der Waals surface area (Å²) in [5.74, 6) is 0. The molecule has 0 amide bonds. The van der Waals surface area contributed by atoms with Gasteiger partial charge in [-0.05, 0) is 0 Å². The first-order chi connectivity index (χ1) is 3.72. The summed E-state index contributed by atoms with van der Waals surface area (Å²) in [6.45, 7) is 0. The molecule has 2 N–H and O–H groups in total. The summed E-state index contributed by atoms with van der Waals surface area (Å²) in [7, 11) is 0. The molecular formula is C3H4NNaO5. The topological polar surface area (TPSA) is 109 Å². The third-order valence-electron chi connectivity index (χ3n) is 0.452. The molecule has 0 heterocycles. The second-order valence-corrected chi connectivity index (χ2v) is 0.918. The number of aldehydes is 2. The van der Waals surface area contributed by atoms with Crippen molar-refractivity contribution < 1.29 is 49.5 Å². The molecule has 10 heavy (non-hydrogen) atoms. The minimum atomic E-state index is -1.04. The van der Waals surface area contributed by atoms with Gasteiger partial charge in [-0.2, -0.15) is 0 Å². The Morgan fingerprint density at radius 1 is 1.30 bits per heavy atom. The van der Waals surface area contributed by atoms with Crippen LogP contribution in [0, 0.1) is 16.2 Å². The number of hydrogen-bond acceptors (Lipinski definition) is 4. The van der Waals surface area contributed by atoms with Crippen molar-refractivity contribution in [1.29, 1.82) is 0 Å². The van der Waals surface area contributed by atoms with E-state index in [1.165, 1.54) is 0 Å². The normalized spacial score (nSPS) is 6.00. The van der Waals surface area contributed by atoms with E-state index in [1.807, 2.05) is 0 Å². The third-order valence-corrected chi connectivity index (χ3v) is 0.452. The van der Waals surface area contributed by atoms with E-state index in [1.54, 1.807) is 0 Å². The van der Waals surface area contributed by atoms with E-state index in [2.05, 4.69) is 0 Å². The van der Waals surface area contributed by atoms with Crippen LogP contribution in [0.5, 0.6) is 0 Å². The minimum absolute atomic E-state index is 0. The van der Waals surface area contributed by atoms with Crippen molar-refractivity contribution in [3.63, 3.8) is 0 Å². The van der Waals surface area contributed by atoms with Crippen LogP contribution in [0.2, 0.25) is 0 Å². The SMILES string of the molecule is O.O=C[C-](C=O)[N+](=O)[O-].[Na+]. The first-order valence-corrected chi connectivity index (χ1v) is 1.64. The molecule has 7 heteroatoms. The average Bonchev–Trinajstić information content (AvgIpc) is 1.69. The molecule has 0 spiro atoms. The summed E-state index contributed by atoms with van der Waals surface area (Å²) in [5.41, 5.74) is 0. The first-order valence-electron chi connectivity index (χ1n) is 1.64. The minimum Gasteiger partial charge on any atom is -0.412 e. The van der Waals surface area contributed by atoms with E-state index >= 15 is 0 Å². The quantitative estimate of drug-likeness (QED) is 0.102. The van der Waals surface area contributed by atoms with Crippen LogP contribution in [0.1, 0.15) is 0 Å². The Bertz CT molecular complexity index is 118. The molecule has 0 saturated heterocycles. The summed E-state index contributed by atoms with van der Waals surface area (Å²) in [4.78, 5) is 27.4. The molecule has 0 aromatic heterocycles. The van der Waals surface area contributed by atoms with Gasteiger partial charge in [-0.1, -0.05) is 4.92 Å². The van der Waals surface area contributed by atoms with E-state index in [0.29, 0.717) is 0 Å². The van der Waals surface area contributed by atoms with Crippen LogP contribution in [-0.4, -0.2) is 23.0 Å². The Hall–Kier alpha value is -0.430. The zero-order valence-corrected chi connectivity index (χ0v) is 7.23. The zero-order valence-electron chi connectivity index (χ0n) is 5.23. The van der Waals surface area contributed by atoms with Gasteiger partial charge in [0.05, 0.1) is 18.6 Å². The molecular weight excluding hydrogens is 153 g/mol. The van der Waals surface area contributed by atoms with E-state index in [9.17, 15) is 19.7 Å². The van der Waals surface area contributed by atoms with Gasteiger partial charge < -0.3 is 15.1 Å². The summed E-state index contributed by atoms with van der Waals surface area (Å²) in [6.07, 6.45) is -0.208. The molecule has 0 aliphatic carbocycles. The Balaban J connectivity index is -0.000000245. The van der Waals surface area contributed by atoms with Gasteiger partial charge in [0.15, 0.2) is 0 Å². The van der Waals surface area contributed by atoms with Crippen LogP contribution in [0.25, 0.3) is 0 Å². The molecule has 0 aliphatic rings. The van der Waals surface area contributed by atoms with Crippen LogP contribution in [0.4, 0.5) is 0 Å². The standard InChI is InChI=1S/C3H2NO4.Na.H2O/c5-1-3(2-6)4(7)8;;/h1-2H;;1H2/q-1;+1;. The van der Waals surface area contributed by atoms with Gasteiger partial charge in [-0.25, -0.2) is 0 Å². The summed E-state index contributed by atoms with van der Waals surface area (Å²) in [6, 6.07) is -0.954. The zero-order chi connectivity index (χ0) is 6.57. The number of nitrogens with zero attached hydrogens (tertiary/aromatic N) is 1. The number of rotatable bonds is 3. The van der Waals surface area contributed by atoms with Crippen LogP contribution >= 0.6 is 0 Å². The van der Waals surface area contributed by atoms with E-state index in [-0.39, 0.29) is 47.6 Å². The molecule has 0 fully saturated rings. The van der Waals surface area contributed by atoms with E-state index in [4.69, 9.17) is 0 Å². The van der Waals surface area contributed by atoms with Crippen LogP contribution < -0.4 is 29.6 Å². The third kappa shape index (κ3) is 5.70. The van der Waals surface area contributed by atoms with Gasteiger partial charge in [0.1, 0.15) is 0 Å². The van der Waals surface area contributed by atoms with Crippen molar-refractivity contribution in [2.24, 2.45) is 0 Å². The molecule has 0 aromatic rings. The Morgan fingerprint density at radius 3 is 1.60 bits per heavy atom. The van der Waals surface area contributed by atoms with Crippen molar-refractivity contribution in [2.75, 3.05) is 0 Å². The maximum Gasteiger partial charge on any atom is 1.00 e. The number of hydrogen-bond donors (Lipinski definition) is 0. The maximum atomic E-state index is 9.47. The fourth-order valence-electron chi connectivity index (χ4n) is 0.114. The predicted molar refractivity (Wildman–Crippen MR) is 26.0 cm³/mol. The van der Waals surface area contributed by atoms with Crippen LogP contribution in [0.3, 0.4) is 0 Å². The van der Waals surface area contributed by atoms with Gasteiger partial charge >= 0.3 is 29.6 Å². The maximum absolute atomic E-state index is 9.47. The molecule has 6 nitrogen and oxygen atoms in total. The summed E-state index contributed by atoms with van der Waals surface area (Å²) < 4.78 is 0. The first kappa shape index (κ1) is 16.3. The second kappa shape index (κ2) is 8.57. The fourth-order valence-corrected chi connectivity index (χ4v) is 0.114. The fraction of sp³-hybridized carbons (Fsp3) is 0. The Labute approximate surface area is 78.3 Å². The Morgan fingerprint density at radius 2 is 1.60 bits per heavy atom. The largest absolute Gasteiger partial charge is 1.00 e. The van der Waals surface area contributed by atoms with Crippen LogP contribution in [-0.2, 0) is 9.59 Å². The molecule has 0 unspecified atom stereocenters. The van der Waals surface area contributed by atoms with Gasteiger partial charge in [0.25, 0.3) is 0 Å². The molecule has 0 saturated carbocycles. The van der Waals surface area contributed by atoms with Crippen molar-refractivity contribution in [3.8, 4) is 0 Å². The second-order valence-electron chi connectivity index (χ2n) is 0.918. The van der Waals surface area contributed by atoms with Crippen molar-refractivity contribution >= 4 is 12.6 Å². The van der Waals surface area contributed by atoms with Crippen molar-refractivity contribution in [1.82, 2.24) is 0 Å². The molecule has 0 radical (unpaired) electrons. The summed E-state index contributed by atoms with van der Waals surface area (Å²) in [5, 5.41) is 9.47. The predicted octanol–water partition coefficient (Wildman–Crippen LogP) is -4.63. The molecule has 0 atom stereocenters. The van der Waals surface area contributed by atoms with Gasteiger partial charge in [0.2, 0.25) is 0 Å². The monoisotopic (exact) mass is 157 g/mol. The van der Waals surface area contributed by atoms with Crippen molar-refractivity contribution in [3.05, 3.63) is 16.2 Å². The molecule has 0 bridgehead atoms. The van der Waals surface area contributed by atoms with Gasteiger partial charge in [-0.3, -0.25) is 10.1 Å². The van der Waals surface area contributed by atoms with E-state index < -0.39 is 11.0 Å². The van der Waals surface area contributed by atoms with E-state index in [0.717, 1.165) is 0 Å². The Kier molecular flexibility index (Phi) is 14.0. The van der Waals surface area contributed by atoms with Gasteiger partial charge in [-0.15, -0.1) is 0 Å². The molecule has 0 aliphatic heterocycles. The average molecular weight is 157 g/mol. The molecule has 52 valence electrons. The number of carbonyl (C=O) groups is 2.